The van der Waals surface area contributed by atoms with Crippen LogP contribution in [0.25, 0.3) is 0 Å². The van der Waals surface area contributed by atoms with Crippen LogP contribution < -0.4 is 0 Å². The van der Waals surface area contributed by atoms with Gasteiger partial charge in [-0.1, -0.05) is 22.0 Å². The fraction of sp³-hybridized carbons (Fsp3) is 0.792. The molecule has 0 aromatic rings. The second-order valence-electron chi connectivity index (χ2n) is 10.1. The summed E-state index contributed by atoms with van der Waals surface area (Å²) in [5.41, 5.74) is -1.57. The van der Waals surface area contributed by atoms with Gasteiger partial charge in [0, 0.05) is 30.1 Å². The van der Waals surface area contributed by atoms with E-state index in [1.54, 1.807) is 22.8 Å². The van der Waals surface area contributed by atoms with Gasteiger partial charge in [-0.25, -0.2) is 0 Å². The summed E-state index contributed by atoms with van der Waals surface area (Å²) in [6.45, 7) is 12.4. The van der Waals surface area contributed by atoms with Crippen LogP contribution in [0.2, 0.25) is 0 Å². The molecular formula is C24H37BrN2O6. The van der Waals surface area contributed by atoms with Gasteiger partial charge in [-0.15, -0.1) is 6.58 Å². The molecule has 3 aliphatic heterocycles. The number of aliphatic hydroxyl groups is 1. The van der Waals surface area contributed by atoms with E-state index in [1.807, 2.05) is 20.8 Å². The van der Waals surface area contributed by atoms with Gasteiger partial charge < -0.3 is 24.4 Å². The third kappa shape index (κ3) is 4.48. The van der Waals surface area contributed by atoms with Gasteiger partial charge in [-0.2, -0.15) is 0 Å². The van der Waals surface area contributed by atoms with Crippen LogP contribution in [0.5, 0.6) is 0 Å². The van der Waals surface area contributed by atoms with E-state index in [0.717, 1.165) is 6.42 Å². The molecule has 0 saturated carbocycles. The minimum Gasteiger partial charge on any atom is -0.466 e. The van der Waals surface area contributed by atoms with Crippen molar-refractivity contribution in [1.29, 1.82) is 0 Å². The van der Waals surface area contributed by atoms with Crippen LogP contribution in [0, 0.1) is 11.8 Å². The molecule has 0 aliphatic carbocycles. The van der Waals surface area contributed by atoms with Crippen molar-refractivity contribution < 1.29 is 29.0 Å². The van der Waals surface area contributed by atoms with Crippen LogP contribution in [0.3, 0.4) is 0 Å². The molecule has 8 nitrogen and oxygen atoms in total. The van der Waals surface area contributed by atoms with Crippen molar-refractivity contribution in [1.82, 2.24) is 9.80 Å². The second-order valence-corrected chi connectivity index (χ2v) is 11.3. The van der Waals surface area contributed by atoms with E-state index in [2.05, 4.69) is 22.5 Å². The van der Waals surface area contributed by atoms with E-state index in [0.29, 0.717) is 32.4 Å². The molecule has 0 aromatic heterocycles. The predicted octanol–water partition coefficient (Wildman–Crippen LogP) is 2.27. The minimum absolute atomic E-state index is 0.0843. The molecule has 3 fully saturated rings. The van der Waals surface area contributed by atoms with Crippen molar-refractivity contribution in [2.45, 2.75) is 81.5 Å². The highest BCUT2D eigenvalue weighted by molar-refractivity contribution is 9.09. The molecular weight excluding hydrogens is 492 g/mol. The third-order valence-electron chi connectivity index (χ3n) is 7.03. The van der Waals surface area contributed by atoms with Crippen LogP contribution in [-0.4, -0.2) is 87.1 Å². The number of esters is 1. The number of rotatable bonds is 10. The van der Waals surface area contributed by atoms with Gasteiger partial charge in [-0.05, 0) is 53.4 Å². The topological polar surface area (TPSA) is 96.4 Å². The lowest BCUT2D eigenvalue weighted by molar-refractivity contribution is -0.155. The Balaban J connectivity index is 2.03. The number of hydrogen-bond donors (Lipinski definition) is 1. The van der Waals surface area contributed by atoms with E-state index in [-0.39, 0.29) is 29.9 Å². The summed E-state index contributed by atoms with van der Waals surface area (Å²) >= 11 is 3.65. The molecule has 33 heavy (non-hydrogen) atoms. The monoisotopic (exact) mass is 528 g/mol. The fourth-order valence-corrected chi connectivity index (χ4v) is 6.64. The molecule has 3 heterocycles. The Morgan fingerprint density at radius 2 is 2.06 bits per heavy atom. The molecule has 3 aliphatic rings. The molecule has 6 atom stereocenters. The Hall–Kier alpha value is -1.45. The summed E-state index contributed by atoms with van der Waals surface area (Å²) < 4.78 is 11.8. The fourth-order valence-electron chi connectivity index (χ4n) is 5.70. The molecule has 2 bridgehead atoms. The summed E-state index contributed by atoms with van der Waals surface area (Å²) in [6.07, 6.45) is 3.67. The van der Waals surface area contributed by atoms with Crippen molar-refractivity contribution >= 4 is 33.7 Å². The van der Waals surface area contributed by atoms with Crippen molar-refractivity contribution in [3.63, 3.8) is 0 Å². The molecule has 186 valence electrons. The maximum atomic E-state index is 14.1. The SMILES string of the molecule is C=CCN(C(=O)C1N(CCCCCO)C(=O)[C@@H]2[C@@H](C(=O)OCC)[C@@H]3OC12CC3Br)C(C)(C)C. The quantitative estimate of drug-likeness (QED) is 0.202. The van der Waals surface area contributed by atoms with Crippen molar-refractivity contribution in [2.75, 3.05) is 26.3 Å². The minimum atomic E-state index is -1.08. The van der Waals surface area contributed by atoms with Gasteiger partial charge in [0.25, 0.3) is 0 Å². The molecule has 1 N–H and O–H groups in total. The number of carbonyl (C=O) groups is 3. The van der Waals surface area contributed by atoms with E-state index < -0.39 is 41.1 Å². The standard InChI is InChI=1S/C24H37BrN2O6/c1-6-11-27(23(3,4)5)21(30)19-24-14-15(25)18(33-24)16(22(31)32-7-2)17(24)20(29)26(19)12-9-8-10-13-28/h6,15-19,28H,1,7-14H2,2-5H3/t15?,16-,17+,18-,19?,24?/m1/s1. The lowest BCUT2D eigenvalue weighted by Gasteiger charge is -2.42. The first kappa shape index (κ1) is 26.2. The van der Waals surface area contributed by atoms with Crippen LogP contribution >= 0.6 is 15.9 Å². The zero-order valence-electron chi connectivity index (χ0n) is 20.1. The summed E-state index contributed by atoms with van der Waals surface area (Å²) in [4.78, 5) is 44.0. The lowest BCUT2D eigenvalue weighted by Crippen LogP contribution is -2.60. The van der Waals surface area contributed by atoms with Crippen molar-refractivity contribution in [3.05, 3.63) is 12.7 Å². The van der Waals surface area contributed by atoms with Gasteiger partial charge >= 0.3 is 5.97 Å². The third-order valence-corrected chi connectivity index (χ3v) is 7.87. The van der Waals surface area contributed by atoms with Gasteiger partial charge in [0.2, 0.25) is 11.8 Å². The van der Waals surface area contributed by atoms with Crippen LogP contribution in [0.1, 0.15) is 53.4 Å². The maximum absolute atomic E-state index is 14.1. The molecule has 9 heteroatoms. The number of amides is 2. The average molecular weight is 529 g/mol. The van der Waals surface area contributed by atoms with Crippen molar-refractivity contribution in [3.8, 4) is 0 Å². The average Bonchev–Trinajstić information content (AvgIpc) is 3.32. The summed E-state index contributed by atoms with van der Waals surface area (Å²) in [5.74, 6) is -2.34. The lowest BCUT2D eigenvalue weighted by atomic mass is 9.70. The number of likely N-dealkylation sites (tertiary alicyclic amines) is 1. The van der Waals surface area contributed by atoms with Gasteiger partial charge in [0.05, 0.1) is 24.5 Å². The van der Waals surface area contributed by atoms with Crippen LogP contribution in [0.4, 0.5) is 0 Å². The van der Waals surface area contributed by atoms with Gasteiger partial charge in [0.15, 0.2) is 0 Å². The number of fused-ring (bicyclic) bond motifs is 1. The molecule has 3 unspecified atom stereocenters. The Bertz CT molecular complexity index is 783. The van der Waals surface area contributed by atoms with Gasteiger partial charge in [-0.3, -0.25) is 14.4 Å². The van der Waals surface area contributed by atoms with E-state index in [9.17, 15) is 14.4 Å². The number of halogens is 1. The normalized spacial score (nSPS) is 32.7. The summed E-state index contributed by atoms with van der Waals surface area (Å²) in [5, 5.41) is 9.14. The highest BCUT2D eigenvalue weighted by Gasteiger charge is 2.77. The number of unbranched alkanes of at least 4 members (excludes halogenated alkanes) is 2. The molecule has 0 aromatic carbocycles. The highest BCUT2D eigenvalue weighted by atomic mass is 79.9. The Kier molecular flexibility index (Phi) is 7.96. The zero-order chi connectivity index (χ0) is 24.6. The Morgan fingerprint density at radius 3 is 2.64 bits per heavy atom. The van der Waals surface area contributed by atoms with E-state index in [1.165, 1.54) is 0 Å². The van der Waals surface area contributed by atoms with Gasteiger partial charge in [0.1, 0.15) is 11.6 Å². The maximum Gasteiger partial charge on any atom is 0.312 e. The summed E-state index contributed by atoms with van der Waals surface area (Å²) in [7, 11) is 0. The number of alkyl halides is 1. The van der Waals surface area contributed by atoms with Crippen LogP contribution in [-0.2, 0) is 23.9 Å². The smallest absolute Gasteiger partial charge is 0.312 e. The second kappa shape index (κ2) is 10.0. The number of carbonyl (C=O) groups excluding carboxylic acids is 3. The molecule has 1 spiro atoms. The molecule has 3 saturated heterocycles. The first-order valence-electron chi connectivity index (χ1n) is 11.9. The number of hydrogen-bond acceptors (Lipinski definition) is 6. The number of ether oxygens (including phenoxy) is 2. The number of nitrogens with zero attached hydrogens (tertiary/aromatic N) is 2. The predicted molar refractivity (Wildman–Crippen MR) is 127 cm³/mol. The zero-order valence-corrected chi connectivity index (χ0v) is 21.7. The highest BCUT2D eigenvalue weighted by Crippen LogP contribution is 2.60. The molecule has 3 rings (SSSR count). The molecule has 0 radical (unpaired) electrons. The van der Waals surface area contributed by atoms with Crippen LogP contribution in [0.15, 0.2) is 12.7 Å². The molecule has 2 amide bonds. The summed E-state index contributed by atoms with van der Waals surface area (Å²) in [6, 6.07) is -0.826. The van der Waals surface area contributed by atoms with E-state index >= 15 is 0 Å². The first-order valence-corrected chi connectivity index (χ1v) is 12.8. The van der Waals surface area contributed by atoms with Crippen molar-refractivity contribution in [2.24, 2.45) is 11.8 Å². The first-order chi connectivity index (χ1) is 15.5. The largest absolute Gasteiger partial charge is 0.466 e. The Labute approximate surface area is 204 Å². The van der Waals surface area contributed by atoms with E-state index in [4.69, 9.17) is 14.6 Å². The number of aliphatic hydroxyl groups excluding tert-OH is 1. The Morgan fingerprint density at radius 1 is 1.36 bits per heavy atom.